The Hall–Kier alpha value is -1.53. The van der Waals surface area contributed by atoms with Gasteiger partial charge >= 0.3 is 5.69 Å². The first kappa shape index (κ1) is 13.9. The molecule has 0 aliphatic carbocycles. The fraction of sp³-hybridized carbons (Fsp3) is 0.538. The summed E-state index contributed by atoms with van der Waals surface area (Å²) in [6, 6.07) is 5.02. The molecular formula is C13H18FN3O2. The van der Waals surface area contributed by atoms with Crippen LogP contribution in [-0.4, -0.2) is 35.0 Å². The van der Waals surface area contributed by atoms with Crippen molar-refractivity contribution in [1.29, 1.82) is 0 Å². The van der Waals surface area contributed by atoms with Crippen LogP contribution in [0.2, 0.25) is 0 Å². The first-order valence-electron chi connectivity index (χ1n) is 6.37. The molecule has 0 spiro atoms. The Morgan fingerprint density at radius 1 is 1.42 bits per heavy atom. The van der Waals surface area contributed by atoms with E-state index in [2.05, 4.69) is 24.1 Å². The molecule has 0 aromatic heterocycles. The zero-order chi connectivity index (χ0) is 14.0. The lowest BCUT2D eigenvalue weighted by Gasteiger charge is -2.36. The number of nitro groups is 1. The summed E-state index contributed by atoms with van der Waals surface area (Å²) in [5.74, 6) is -0.716. The Morgan fingerprint density at radius 3 is 2.63 bits per heavy atom. The highest BCUT2D eigenvalue weighted by atomic mass is 19.1. The van der Waals surface area contributed by atoms with Gasteiger partial charge in [-0.2, -0.15) is 4.39 Å². The molecule has 2 rings (SSSR count). The molecule has 0 bridgehead atoms. The van der Waals surface area contributed by atoms with Crippen molar-refractivity contribution >= 4 is 5.69 Å². The van der Waals surface area contributed by atoms with Crippen molar-refractivity contribution in [3.8, 4) is 0 Å². The number of piperazine rings is 1. The van der Waals surface area contributed by atoms with Crippen LogP contribution >= 0.6 is 0 Å². The minimum absolute atomic E-state index is 0.338. The third-order valence-corrected chi connectivity index (χ3v) is 3.28. The van der Waals surface area contributed by atoms with Gasteiger partial charge in [-0.1, -0.05) is 12.1 Å². The molecule has 1 saturated heterocycles. The van der Waals surface area contributed by atoms with Gasteiger partial charge in [0.15, 0.2) is 0 Å². The number of benzene rings is 1. The van der Waals surface area contributed by atoms with Crippen molar-refractivity contribution in [2.75, 3.05) is 13.1 Å². The van der Waals surface area contributed by atoms with Crippen LogP contribution < -0.4 is 5.32 Å². The molecule has 0 amide bonds. The van der Waals surface area contributed by atoms with Crippen LogP contribution in [-0.2, 0) is 6.54 Å². The Morgan fingerprint density at radius 2 is 2.05 bits per heavy atom. The summed E-state index contributed by atoms with van der Waals surface area (Å²) in [5.41, 5.74) is -0.0655. The molecule has 1 aliphatic heterocycles. The van der Waals surface area contributed by atoms with Crippen molar-refractivity contribution in [1.82, 2.24) is 10.2 Å². The summed E-state index contributed by atoms with van der Waals surface area (Å²) in [7, 11) is 0. The van der Waals surface area contributed by atoms with Crippen LogP contribution in [0.25, 0.3) is 0 Å². The molecule has 2 unspecified atom stereocenters. The third kappa shape index (κ3) is 3.27. The predicted octanol–water partition coefficient (Wildman–Crippen LogP) is 1.92. The minimum Gasteiger partial charge on any atom is -0.309 e. The van der Waals surface area contributed by atoms with Crippen LogP contribution in [0.1, 0.15) is 19.4 Å². The molecule has 104 valence electrons. The second-order valence-corrected chi connectivity index (χ2v) is 5.17. The van der Waals surface area contributed by atoms with Gasteiger partial charge in [0.25, 0.3) is 0 Å². The van der Waals surface area contributed by atoms with Gasteiger partial charge in [0, 0.05) is 43.3 Å². The van der Waals surface area contributed by atoms with Crippen molar-refractivity contribution < 1.29 is 9.31 Å². The average Bonchev–Trinajstić information content (AvgIpc) is 2.30. The van der Waals surface area contributed by atoms with Crippen molar-refractivity contribution in [2.45, 2.75) is 32.5 Å². The van der Waals surface area contributed by atoms with E-state index in [1.807, 2.05) is 0 Å². The zero-order valence-electron chi connectivity index (χ0n) is 11.1. The molecule has 1 aromatic carbocycles. The molecule has 2 atom stereocenters. The summed E-state index contributed by atoms with van der Waals surface area (Å²) in [6.45, 7) is 6.18. The lowest BCUT2D eigenvalue weighted by molar-refractivity contribution is -0.387. The van der Waals surface area contributed by atoms with E-state index in [1.54, 1.807) is 6.07 Å². The largest absolute Gasteiger partial charge is 0.309 e. The topological polar surface area (TPSA) is 58.4 Å². The molecule has 0 saturated carbocycles. The minimum atomic E-state index is -0.716. The number of nitro benzene ring substituents is 1. The van der Waals surface area contributed by atoms with Gasteiger partial charge < -0.3 is 5.32 Å². The van der Waals surface area contributed by atoms with E-state index in [9.17, 15) is 14.5 Å². The van der Waals surface area contributed by atoms with Crippen LogP contribution in [0.3, 0.4) is 0 Å². The monoisotopic (exact) mass is 267 g/mol. The number of hydrogen-bond acceptors (Lipinski definition) is 4. The SMILES string of the molecule is CC1CN(Cc2cccc([N+](=O)[O-])c2F)CC(C)N1. The summed E-state index contributed by atoms with van der Waals surface area (Å²) < 4.78 is 14.0. The Balaban J connectivity index is 2.15. The van der Waals surface area contributed by atoms with Crippen LogP contribution in [0, 0.1) is 15.9 Å². The van der Waals surface area contributed by atoms with Crippen LogP contribution in [0.15, 0.2) is 18.2 Å². The van der Waals surface area contributed by atoms with Gasteiger partial charge in [-0.05, 0) is 13.8 Å². The molecular weight excluding hydrogens is 249 g/mol. The smallest absolute Gasteiger partial charge is 0.305 e. The fourth-order valence-electron chi connectivity index (χ4n) is 2.64. The maximum absolute atomic E-state index is 14.0. The van der Waals surface area contributed by atoms with Crippen molar-refractivity contribution in [2.24, 2.45) is 0 Å². The van der Waals surface area contributed by atoms with Crippen LogP contribution in [0.5, 0.6) is 0 Å². The van der Waals surface area contributed by atoms with Crippen molar-refractivity contribution in [3.63, 3.8) is 0 Å². The van der Waals surface area contributed by atoms with Crippen molar-refractivity contribution in [3.05, 3.63) is 39.7 Å². The first-order valence-corrected chi connectivity index (χ1v) is 6.37. The first-order chi connectivity index (χ1) is 8.97. The number of hydrogen-bond donors (Lipinski definition) is 1. The Labute approximate surface area is 111 Å². The van der Waals surface area contributed by atoms with Gasteiger partial charge in [-0.15, -0.1) is 0 Å². The van der Waals surface area contributed by atoms with E-state index in [4.69, 9.17) is 0 Å². The number of rotatable bonds is 3. The standard InChI is InChI=1S/C13H18FN3O2/c1-9-6-16(7-10(2)15-9)8-11-4-3-5-12(13(11)14)17(18)19/h3-5,9-10,15H,6-8H2,1-2H3. The quantitative estimate of drug-likeness (QED) is 0.671. The van der Waals surface area contributed by atoms with E-state index in [0.29, 0.717) is 24.2 Å². The molecule has 1 fully saturated rings. The second-order valence-electron chi connectivity index (χ2n) is 5.17. The maximum atomic E-state index is 14.0. The normalized spacial score (nSPS) is 24.4. The van der Waals surface area contributed by atoms with Crippen LogP contribution in [0.4, 0.5) is 10.1 Å². The Bertz CT molecular complexity index is 471. The zero-order valence-corrected chi connectivity index (χ0v) is 11.1. The molecule has 6 heteroatoms. The second kappa shape index (κ2) is 5.63. The van der Waals surface area contributed by atoms with E-state index in [1.165, 1.54) is 12.1 Å². The molecule has 1 aromatic rings. The lowest BCUT2D eigenvalue weighted by atomic mass is 10.1. The molecule has 0 radical (unpaired) electrons. The number of halogens is 1. The molecule has 1 heterocycles. The summed E-state index contributed by atoms with van der Waals surface area (Å²) in [4.78, 5) is 12.2. The highest BCUT2D eigenvalue weighted by molar-refractivity contribution is 5.36. The van der Waals surface area contributed by atoms with E-state index in [0.717, 1.165) is 13.1 Å². The molecule has 5 nitrogen and oxygen atoms in total. The van der Waals surface area contributed by atoms with Gasteiger partial charge in [-0.25, -0.2) is 0 Å². The predicted molar refractivity (Wildman–Crippen MR) is 70.4 cm³/mol. The number of nitrogens with one attached hydrogen (secondary N) is 1. The third-order valence-electron chi connectivity index (χ3n) is 3.28. The van der Waals surface area contributed by atoms with Gasteiger partial charge in [0.2, 0.25) is 5.82 Å². The summed E-state index contributed by atoms with van der Waals surface area (Å²) in [6.07, 6.45) is 0. The number of nitrogens with zero attached hydrogens (tertiary/aromatic N) is 2. The van der Waals surface area contributed by atoms with Gasteiger partial charge in [-0.3, -0.25) is 15.0 Å². The van der Waals surface area contributed by atoms with Gasteiger partial charge in [0.05, 0.1) is 4.92 Å². The van der Waals surface area contributed by atoms with E-state index < -0.39 is 16.4 Å². The average molecular weight is 267 g/mol. The summed E-state index contributed by atoms with van der Waals surface area (Å²) >= 11 is 0. The lowest BCUT2D eigenvalue weighted by Crippen LogP contribution is -2.53. The highest BCUT2D eigenvalue weighted by Crippen LogP contribution is 2.22. The summed E-state index contributed by atoms with van der Waals surface area (Å²) in [5, 5.41) is 14.1. The maximum Gasteiger partial charge on any atom is 0.305 e. The Kier molecular flexibility index (Phi) is 4.11. The van der Waals surface area contributed by atoms with E-state index >= 15 is 0 Å². The highest BCUT2D eigenvalue weighted by Gasteiger charge is 2.23. The fourth-order valence-corrected chi connectivity index (χ4v) is 2.64. The molecule has 1 N–H and O–H groups in total. The molecule has 19 heavy (non-hydrogen) atoms. The van der Waals surface area contributed by atoms with E-state index in [-0.39, 0.29) is 0 Å². The van der Waals surface area contributed by atoms with Gasteiger partial charge in [0.1, 0.15) is 0 Å². The molecule has 1 aliphatic rings.